The molecular weight excluding hydrogens is 330 g/mol. The van der Waals surface area contributed by atoms with Crippen LogP contribution in [0.2, 0.25) is 0 Å². The van der Waals surface area contributed by atoms with Gasteiger partial charge in [-0.05, 0) is 38.8 Å². The molecule has 1 aliphatic heterocycles. The Hall–Kier alpha value is -1.73. The first kappa shape index (κ1) is 19.0. The fourth-order valence-electron chi connectivity index (χ4n) is 3.93. The third-order valence-corrected chi connectivity index (χ3v) is 5.52. The predicted octanol–water partition coefficient (Wildman–Crippen LogP) is 1.83. The normalized spacial score (nSPS) is 22.3. The lowest BCUT2D eigenvalue weighted by molar-refractivity contribution is -0.146. The maximum Gasteiger partial charge on any atom is 0.251 e. The third kappa shape index (κ3) is 4.71. The van der Waals surface area contributed by atoms with Gasteiger partial charge >= 0.3 is 0 Å². The van der Waals surface area contributed by atoms with Crippen LogP contribution in [0.15, 0.2) is 12.3 Å². The van der Waals surface area contributed by atoms with Gasteiger partial charge in [-0.2, -0.15) is 0 Å². The van der Waals surface area contributed by atoms with Gasteiger partial charge in [0.25, 0.3) is 5.91 Å². The van der Waals surface area contributed by atoms with Gasteiger partial charge in [-0.25, -0.2) is 9.97 Å². The molecule has 2 atom stereocenters. The molecule has 1 aromatic rings. The van der Waals surface area contributed by atoms with Crippen LogP contribution in [0.3, 0.4) is 0 Å². The number of anilines is 1. The van der Waals surface area contributed by atoms with Crippen molar-refractivity contribution in [3.05, 3.63) is 18.1 Å². The van der Waals surface area contributed by atoms with Crippen molar-refractivity contribution in [3.8, 4) is 0 Å². The zero-order valence-corrected chi connectivity index (χ0v) is 15.9. The molecule has 0 radical (unpaired) electrons. The van der Waals surface area contributed by atoms with Gasteiger partial charge in [0.1, 0.15) is 17.7 Å². The standard InChI is InChI=1S/C19H31N5O2/c1-3-16(26-15-6-4-5-7-15)19(25)24-11-9-14(12-24)23(2)13-18-21-10-8-17(20)22-18/h8,10,14-16H,3-7,9,11-13H2,1-2H3,(H2,20,21,22)/t14-,16-/m0/s1. The summed E-state index contributed by atoms with van der Waals surface area (Å²) in [6, 6.07) is 2.00. The molecule has 1 saturated carbocycles. The summed E-state index contributed by atoms with van der Waals surface area (Å²) in [6.45, 7) is 4.19. The fourth-order valence-corrected chi connectivity index (χ4v) is 3.93. The number of nitrogen functional groups attached to an aromatic ring is 1. The Morgan fingerprint density at radius 3 is 2.88 bits per heavy atom. The highest BCUT2D eigenvalue weighted by Crippen LogP contribution is 2.25. The number of rotatable bonds is 7. The number of aromatic nitrogens is 2. The lowest BCUT2D eigenvalue weighted by atomic mass is 10.2. The summed E-state index contributed by atoms with van der Waals surface area (Å²) in [5, 5.41) is 0. The Morgan fingerprint density at radius 2 is 2.19 bits per heavy atom. The molecule has 0 unspecified atom stereocenters. The SMILES string of the molecule is CC[C@H](OC1CCCC1)C(=O)N1CC[C@H](N(C)Cc2nccc(N)n2)C1. The summed E-state index contributed by atoms with van der Waals surface area (Å²) in [6.07, 6.45) is 7.99. The highest BCUT2D eigenvalue weighted by atomic mass is 16.5. The monoisotopic (exact) mass is 361 g/mol. The number of carbonyl (C=O) groups excluding carboxylic acids is 1. The Morgan fingerprint density at radius 1 is 1.42 bits per heavy atom. The van der Waals surface area contributed by atoms with Crippen LogP contribution in [0.25, 0.3) is 0 Å². The van der Waals surface area contributed by atoms with Gasteiger partial charge in [0.05, 0.1) is 12.6 Å². The van der Waals surface area contributed by atoms with E-state index in [9.17, 15) is 4.79 Å². The van der Waals surface area contributed by atoms with Crippen LogP contribution in [0.4, 0.5) is 5.82 Å². The molecule has 26 heavy (non-hydrogen) atoms. The van der Waals surface area contributed by atoms with E-state index in [1.165, 1.54) is 12.8 Å². The number of nitrogens with zero attached hydrogens (tertiary/aromatic N) is 4. The second-order valence-corrected chi connectivity index (χ2v) is 7.48. The maximum atomic E-state index is 12.9. The predicted molar refractivity (Wildman–Crippen MR) is 100 cm³/mol. The van der Waals surface area contributed by atoms with Gasteiger partial charge in [0.15, 0.2) is 0 Å². The molecule has 2 aliphatic rings. The molecule has 1 aromatic heterocycles. The molecule has 144 valence electrons. The number of ether oxygens (including phenoxy) is 1. The lowest BCUT2D eigenvalue weighted by Gasteiger charge is -2.27. The first-order valence-electron chi connectivity index (χ1n) is 9.78. The van der Waals surface area contributed by atoms with Gasteiger partial charge in [0, 0.05) is 25.3 Å². The smallest absolute Gasteiger partial charge is 0.251 e. The number of likely N-dealkylation sites (tertiary alicyclic amines) is 1. The summed E-state index contributed by atoms with van der Waals surface area (Å²) in [5.41, 5.74) is 5.73. The van der Waals surface area contributed by atoms with Crippen molar-refractivity contribution in [1.82, 2.24) is 19.8 Å². The van der Waals surface area contributed by atoms with Crippen LogP contribution >= 0.6 is 0 Å². The first-order valence-corrected chi connectivity index (χ1v) is 9.78. The maximum absolute atomic E-state index is 12.9. The molecule has 7 heteroatoms. The summed E-state index contributed by atoms with van der Waals surface area (Å²) in [7, 11) is 2.05. The van der Waals surface area contributed by atoms with Crippen LogP contribution < -0.4 is 5.73 Å². The van der Waals surface area contributed by atoms with Crippen LogP contribution in [-0.4, -0.2) is 64.1 Å². The van der Waals surface area contributed by atoms with Crippen LogP contribution in [0, 0.1) is 0 Å². The summed E-state index contributed by atoms with van der Waals surface area (Å²) in [4.78, 5) is 25.6. The van der Waals surface area contributed by atoms with E-state index in [0.717, 1.165) is 38.8 Å². The van der Waals surface area contributed by atoms with E-state index in [4.69, 9.17) is 10.5 Å². The number of hydrogen-bond acceptors (Lipinski definition) is 6. The zero-order chi connectivity index (χ0) is 18.5. The van der Waals surface area contributed by atoms with Gasteiger partial charge in [-0.15, -0.1) is 0 Å². The van der Waals surface area contributed by atoms with Crippen molar-refractivity contribution in [1.29, 1.82) is 0 Å². The molecule has 2 N–H and O–H groups in total. The van der Waals surface area contributed by atoms with Gasteiger partial charge in [0.2, 0.25) is 0 Å². The molecule has 1 amide bonds. The van der Waals surface area contributed by atoms with Crippen molar-refractivity contribution in [3.63, 3.8) is 0 Å². The zero-order valence-electron chi connectivity index (χ0n) is 15.9. The third-order valence-electron chi connectivity index (χ3n) is 5.52. The molecule has 0 aromatic carbocycles. The molecule has 7 nitrogen and oxygen atoms in total. The highest BCUT2D eigenvalue weighted by molar-refractivity contribution is 5.81. The van der Waals surface area contributed by atoms with Crippen molar-refractivity contribution < 1.29 is 9.53 Å². The van der Waals surface area contributed by atoms with Crippen LogP contribution in [0.1, 0.15) is 51.3 Å². The van der Waals surface area contributed by atoms with Crippen molar-refractivity contribution in [2.24, 2.45) is 0 Å². The van der Waals surface area contributed by atoms with E-state index >= 15 is 0 Å². The Bertz CT molecular complexity index is 605. The average molecular weight is 361 g/mol. The molecule has 0 bridgehead atoms. The van der Waals surface area contributed by atoms with E-state index in [1.54, 1.807) is 12.3 Å². The topological polar surface area (TPSA) is 84.6 Å². The van der Waals surface area contributed by atoms with Crippen molar-refractivity contribution >= 4 is 11.7 Å². The largest absolute Gasteiger partial charge is 0.384 e. The molecule has 1 aliphatic carbocycles. The Labute approximate surface area is 155 Å². The van der Waals surface area contributed by atoms with E-state index < -0.39 is 0 Å². The number of carbonyl (C=O) groups is 1. The lowest BCUT2D eigenvalue weighted by Crippen LogP contribution is -2.42. The number of hydrogen-bond donors (Lipinski definition) is 1. The minimum Gasteiger partial charge on any atom is -0.384 e. The molecule has 1 saturated heterocycles. The fraction of sp³-hybridized carbons (Fsp3) is 0.737. The Balaban J connectivity index is 1.52. The second-order valence-electron chi connectivity index (χ2n) is 7.48. The highest BCUT2D eigenvalue weighted by Gasteiger charge is 2.34. The van der Waals surface area contributed by atoms with Crippen molar-refractivity contribution in [2.75, 3.05) is 25.9 Å². The average Bonchev–Trinajstić information content (AvgIpc) is 3.31. The summed E-state index contributed by atoms with van der Waals surface area (Å²) >= 11 is 0. The van der Waals surface area contributed by atoms with Crippen molar-refractivity contribution in [2.45, 2.75) is 70.2 Å². The number of nitrogens with two attached hydrogens (primary N) is 1. The van der Waals surface area contributed by atoms with Crippen LogP contribution in [-0.2, 0) is 16.1 Å². The minimum absolute atomic E-state index is 0.149. The number of likely N-dealkylation sites (N-methyl/N-ethyl adjacent to an activating group) is 1. The second kappa shape index (κ2) is 8.77. The summed E-state index contributed by atoms with van der Waals surface area (Å²) < 4.78 is 6.10. The van der Waals surface area contributed by atoms with Gasteiger partial charge < -0.3 is 15.4 Å². The van der Waals surface area contributed by atoms with Gasteiger partial charge in [-0.1, -0.05) is 19.8 Å². The number of amides is 1. The molecule has 3 rings (SSSR count). The molecule has 2 fully saturated rings. The quantitative estimate of drug-likeness (QED) is 0.797. The summed E-state index contributed by atoms with van der Waals surface area (Å²) in [5.74, 6) is 1.35. The molecular formula is C19H31N5O2. The van der Waals surface area contributed by atoms with E-state index in [2.05, 4.69) is 21.9 Å². The minimum atomic E-state index is -0.292. The van der Waals surface area contributed by atoms with Crippen LogP contribution in [0.5, 0.6) is 0 Å². The van der Waals surface area contributed by atoms with E-state index in [1.807, 2.05) is 11.8 Å². The van der Waals surface area contributed by atoms with Gasteiger partial charge in [-0.3, -0.25) is 9.69 Å². The molecule has 2 heterocycles. The first-order chi connectivity index (χ1) is 12.6. The molecule has 0 spiro atoms. The van der Waals surface area contributed by atoms with E-state index in [0.29, 0.717) is 24.2 Å². The van der Waals surface area contributed by atoms with E-state index in [-0.39, 0.29) is 18.1 Å². The Kier molecular flexibility index (Phi) is 6.43.